The van der Waals surface area contributed by atoms with E-state index in [2.05, 4.69) is 10.6 Å². The number of anilines is 1. The van der Waals surface area contributed by atoms with Crippen LogP contribution in [0.4, 0.5) is 14.5 Å². The van der Waals surface area contributed by atoms with E-state index in [1.165, 1.54) is 0 Å². The standard InChI is InChI=1S/C18H18F2N2O2/c1-11-7-12(2)9-14(8-11)22-17(23)5-6-21-18(24)15-4-3-13(19)10-16(15)20/h3-4,7-10H,5-6H2,1-2H3,(H,21,24)(H,22,23). The largest absolute Gasteiger partial charge is 0.351 e. The second-order valence-electron chi connectivity index (χ2n) is 5.55. The van der Waals surface area contributed by atoms with Crippen molar-refractivity contribution >= 4 is 17.5 Å². The van der Waals surface area contributed by atoms with Gasteiger partial charge in [-0.05, 0) is 49.2 Å². The fourth-order valence-electron chi connectivity index (χ4n) is 2.33. The Hall–Kier alpha value is -2.76. The Bertz CT molecular complexity index is 755. The van der Waals surface area contributed by atoms with Crippen molar-refractivity contribution in [1.82, 2.24) is 5.32 Å². The first-order valence-electron chi connectivity index (χ1n) is 7.46. The van der Waals surface area contributed by atoms with Gasteiger partial charge in [0.25, 0.3) is 5.91 Å². The minimum absolute atomic E-state index is 0.0432. The summed E-state index contributed by atoms with van der Waals surface area (Å²) >= 11 is 0. The van der Waals surface area contributed by atoms with Gasteiger partial charge < -0.3 is 10.6 Å². The molecule has 0 radical (unpaired) electrons. The molecule has 2 aromatic rings. The lowest BCUT2D eigenvalue weighted by atomic mass is 10.1. The van der Waals surface area contributed by atoms with E-state index >= 15 is 0 Å². The fourth-order valence-corrected chi connectivity index (χ4v) is 2.33. The number of aryl methyl sites for hydroxylation is 2. The highest BCUT2D eigenvalue weighted by Gasteiger charge is 2.12. The minimum Gasteiger partial charge on any atom is -0.351 e. The van der Waals surface area contributed by atoms with Crippen molar-refractivity contribution in [2.24, 2.45) is 0 Å². The lowest BCUT2D eigenvalue weighted by molar-refractivity contribution is -0.116. The molecule has 2 rings (SSSR count). The van der Waals surface area contributed by atoms with E-state index in [0.29, 0.717) is 11.8 Å². The van der Waals surface area contributed by atoms with E-state index in [1.807, 2.05) is 32.0 Å². The van der Waals surface area contributed by atoms with E-state index in [9.17, 15) is 18.4 Å². The zero-order valence-corrected chi connectivity index (χ0v) is 13.5. The maximum Gasteiger partial charge on any atom is 0.254 e. The molecule has 2 N–H and O–H groups in total. The minimum atomic E-state index is -0.938. The third-order valence-corrected chi connectivity index (χ3v) is 3.32. The van der Waals surface area contributed by atoms with Crippen LogP contribution >= 0.6 is 0 Å². The van der Waals surface area contributed by atoms with Gasteiger partial charge in [-0.15, -0.1) is 0 Å². The Kier molecular flexibility index (Phi) is 5.63. The SMILES string of the molecule is Cc1cc(C)cc(NC(=O)CCNC(=O)c2ccc(F)cc2F)c1. The summed E-state index contributed by atoms with van der Waals surface area (Å²) in [6.07, 6.45) is 0.0432. The summed E-state index contributed by atoms with van der Waals surface area (Å²) in [5.74, 6) is -2.64. The molecule has 0 saturated heterocycles. The van der Waals surface area contributed by atoms with E-state index in [-0.39, 0.29) is 24.4 Å². The Morgan fingerprint density at radius 2 is 1.67 bits per heavy atom. The van der Waals surface area contributed by atoms with E-state index in [0.717, 1.165) is 23.3 Å². The lowest BCUT2D eigenvalue weighted by Gasteiger charge is -2.09. The number of carbonyl (C=O) groups excluding carboxylic acids is 2. The smallest absolute Gasteiger partial charge is 0.254 e. The van der Waals surface area contributed by atoms with E-state index in [1.54, 1.807) is 0 Å². The maximum atomic E-state index is 13.5. The highest BCUT2D eigenvalue weighted by atomic mass is 19.1. The Labute approximate surface area is 138 Å². The van der Waals surface area contributed by atoms with Crippen LogP contribution in [0.25, 0.3) is 0 Å². The molecular weight excluding hydrogens is 314 g/mol. The van der Waals surface area contributed by atoms with Crippen molar-refractivity contribution in [2.75, 3.05) is 11.9 Å². The van der Waals surface area contributed by atoms with Crippen molar-refractivity contribution in [2.45, 2.75) is 20.3 Å². The van der Waals surface area contributed by atoms with Crippen LogP contribution in [-0.2, 0) is 4.79 Å². The number of halogens is 2. The summed E-state index contributed by atoms with van der Waals surface area (Å²) in [7, 11) is 0. The van der Waals surface area contributed by atoms with Gasteiger partial charge in [0.1, 0.15) is 11.6 Å². The number of benzene rings is 2. The molecule has 0 heterocycles. The number of hydrogen-bond acceptors (Lipinski definition) is 2. The number of carbonyl (C=O) groups is 2. The molecule has 2 amide bonds. The predicted molar refractivity (Wildman–Crippen MR) is 87.9 cm³/mol. The maximum absolute atomic E-state index is 13.5. The summed E-state index contributed by atoms with van der Waals surface area (Å²) in [6, 6.07) is 8.39. The highest BCUT2D eigenvalue weighted by molar-refractivity contribution is 5.95. The Morgan fingerprint density at radius 1 is 1.00 bits per heavy atom. The second kappa shape index (κ2) is 7.68. The van der Waals surface area contributed by atoms with Crippen molar-refractivity contribution in [3.05, 3.63) is 64.7 Å². The molecule has 0 aromatic heterocycles. The van der Waals surface area contributed by atoms with Crippen LogP contribution in [0.2, 0.25) is 0 Å². The number of hydrogen-bond donors (Lipinski definition) is 2. The van der Waals surface area contributed by atoms with Gasteiger partial charge >= 0.3 is 0 Å². The summed E-state index contributed by atoms with van der Waals surface area (Å²) in [4.78, 5) is 23.7. The lowest BCUT2D eigenvalue weighted by Crippen LogP contribution is -2.28. The van der Waals surface area contributed by atoms with Crippen molar-refractivity contribution in [3.63, 3.8) is 0 Å². The molecule has 0 aliphatic rings. The van der Waals surface area contributed by atoms with Gasteiger partial charge in [0.2, 0.25) is 5.91 Å². The van der Waals surface area contributed by atoms with Crippen molar-refractivity contribution < 1.29 is 18.4 Å². The van der Waals surface area contributed by atoms with Gasteiger partial charge in [0.15, 0.2) is 0 Å². The fraction of sp³-hybridized carbons (Fsp3) is 0.222. The van der Waals surface area contributed by atoms with Gasteiger partial charge in [0.05, 0.1) is 5.56 Å². The van der Waals surface area contributed by atoms with Crippen LogP contribution in [0.15, 0.2) is 36.4 Å². The topological polar surface area (TPSA) is 58.2 Å². The Morgan fingerprint density at radius 3 is 2.29 bits per heavy atom. The van der Waals surface area contributed by atoms with Crippen LogP contribution in [0.1, 0.15) is 27.9 Å². The molecule has 0 atom stereocenters. The first-order valence-corrected chi connectivity index (χ1v) is 7.46. The summed E-state index contributed by atoms with van der Waals surface area (Å²) < 4.78 is 26.3. The highest BCUT2D eigenvalue weighted by Crippen LogP contribution is 2.14. The van der Waals surface area contributed by atoms with E-state index < -0.39 is 17.5 Å². The number of rotatable bonds is 5. The molecule has 2 aromatic carbocycles. The first-order chi connectivity index (χ1) is 11.3. The third-order valence-electron chi connectivity index (χ3n) is 3.32. The number of amides is 2. The molecule has 4 nitrogen and oxygen atoms in total. The molecule has 0 fully saturated rings. The average molecular weight is 332 g/mol. The average Bonchev–Trinajstić information content (AvgIpc) is 2.45. The molecule has 0 aliphatic heterocycles. The Balaban J connectivity index is 1.85. The van der Waals surface area contributed by atoms with Crippen LogP contribution in [0.3, 0.4) is 0 Å². The second-order valence-corrected chi connectivity index (χ2v) is 5.55. The monoisotopic (exact) mass is 332 g/mol. The van der Waals surface area contributed by atoms with Gasteiger partial charge in [-0.25, -0.2) is 8.78 Å². The summed E-state index contributed by atoms with van der Waals surface area (Å²) in [5, 5.41) is 5.18. The molecular formula is C18H18F2N2O2. The van der Waals surface area contributed by atoms with Crippen LogP contribution < -0.4 is 10.6 Å². The van der Waals surface area contributed by atoms with Gasteiger partial charge in [-0.2, -0.15) is 0 Å². The molecule has 0 bridgehead atoms. The molecule has 0 spiro atoms. The van der Waals surface area contributed by atoms with Crippen LogP contribution in [-0.4, -0.2) is 18.4 Å². The zero-order chi connectivity index (χ0) is 17.7. The molecule has 0 unspecified atom stereocenters. The number of nitrogens with one attached hydrogen (secondary N) is 2. The van der Waals surface area contributed by atoms with E-state index in [4.69, 9.17) is 0 Å². The zero-order valence-electron chi connectivity index (χ0n) is 13.5. The molecule has 24 heavy (non-hydrogen) atoms. The predicted octanol–water partition coefficient (Wildman–Crippen LogP) is 3.34. The van der Waals surface area contributed by atoms with Gasteiger partial charge in [-0.1, -0.05) is 6.07 Å². The van der Waals surface area contributed by atoms with Gasteiger partial charge in [0, 0.05) is 24.7 Å². The molecule has 0 saturated carbocycles. The quantitative estimate of drug-likeness (QED) is 0.882. The molecule has 126 valence electrons. The molecule has 6 heteroatoms. The normalized spacial score (nSPS) is 10.3. The molecule has 0 aliphatic carbocycles. The summed E-state index contributed by atoms with van der Waals surface area (Å²) in [6.45, 7) is 3.91. The third kappa shape index (κ3) is 4.87. The first kappa shape index (κ1) is 17.6. The summed E-state index contributed by atoms with van der Waals surface area (Å²) in [5.41, 5.74) is 2.50. The van der Waals surface area contributed by atoms with Gasteiger partial charge in [-0.3, -0.25) is 9.59 Å². The van der Waals surface area contributed by atoms with Crippen LogP contribution in [0.5, 0.6) is 0 Å². The van der Waals surface area contributed by atoms with Crippen molar-refractivity contribution in [3.8, 4) is 0 Å². The van der Waals surface area contributed by atoms with Crippen molar-refractivity contribution in [1.29, 1.82) is 0 Å². The van der Waals surface area contributed by atoms with Crippen LogP contribution in [0, 0.1) is 25.5 Å².